The quantitative estimate of drug-likeness (QED) is 0.765. The molecule has 0 unspecified atom stereocenters. The minimum absolute atomic E-state index is 0.367. The molecule has 1 atom stereocenters. The van der Waals surface area contributed by atoms with Crippen molar-refractivity contribution in [2.45, 2.75) is 59.3 Å². The maximum atomic E-state index is 4.62. The standard InChI is InChI=1S/C19H33N3/c1-5-19(4,6-2)16(3)17-9-10-18(21-15-17)20-11-14-22-12-7-8-13-22/h9-10,15-16H,5-8,11-14H2,1-4H3,(H,20,21)/t16-/m1/s1. The van der Waals surface area contributed by atoms with E-state index in [2.05, 4.69) is 61.2 Å². The van der Waals surface area contributed by atoms with Crippen LogP contribution in [-0.4, -0.2) is 36.1 Å². The maximum Gasteiger partial charge on any atom is 0.125 e. The first-order valence-electron chi connectivity index (χ1n) is 9.01. The summed E-state index contributed by atoms with van der Waals surface area (Å²) >= 11 is 0. The number of rotatable bonds is 8. The SMILES string of the molecule is CCC(C)(CC)[C@H](C)c1ccc(NCCN2CCCC2)nc1. The lowest BCUT2D eigenvalue weighted by Crippen LogP contribution is -2.26. The lowest BCUT2D eigenvalue weighted by Gasteiger charge is -2.34. The van der Waals surface area contributed by atoms with Gasteiger partial charge in [-0.05, 0) is 48.9 Å². The van der Waals surface area contributed by atoms with E-state index in [1.165, 1.54) is 44.3 Å². The molecular formula is C19H33N3. The molecule has 124 valence electrons. The van der Waals surface area contributed by atoms with Gasteiger partial charge in [-0.3, -0.25) is 0 Å². The van der Waals surface area contributed by atoms with Crippen LogP contribution in [0, 0.1) is 5.41 Å². The molecule has 0 bridgehead atoms. The first kappa shape index (κ1) is 17.3. The number of aromatic nitrogens is 1. The Balaban J connectivity index is 1.86. The molecule has 0 saturated carbocycles. The monoisotopic (exact) mass is 303 g/mol. The summed E-state index contributed by atoms with van der Waals surface area (Å²) in [6, 6.07) is 4.39. The van der Waals surface area contributed by atoms with Crippen LogP contribution in [-0.2, 0) is 0 Å². The van der Waals surface area contributed by atoms with Crippen LogP contribution >= 0.6 is 0 Å². The Labute approximate surface area is 136 Å². The summed E-state index contributed by atoms with van der Waals surface area (Å²) in [4.78, 5) is 7.14. The molecule has 1 aromatic rings. The molecule has 0 aromatic carbocycles. The molecule has 2 heterocycles. The van der Waals surface area contributed by atoms with Crippen molar-refractivity contribution < 1.29 is 0 Å². The second kappa shape index (κ2) is 7.96. The fourth-order valence-corrected chi connectivity index (χ4v) is 3.38. The zero-order chi connectivity index (χ0) is 16.0. The summed E-state index contributed by atoms with van der Waals surface area (Å²) in [5, 5.41) is 3.45. The number of hydrogen-bond donors (Lipinski definition) is 1. The Hall–Kier alpha value is -1.09. The van der Waals surface area contributed by atoms with Crippen molar-refractivity contribution in [3.63, 3.8) is 0 Å². The van der Waals surface area contributed by atoms with E-state index >= 15 is 0 Å². The smallest absolute Gasteiger partial charge is 0.125 e. The summed E-state index contributed by atoms with van der Waals surface area (Å²) in [6.07, 6.45) is 7.20. The van der Waals surface area contributed by atoms with Gasteiger partial charge in [0.25, 0.3) is 0 Å². The van der Waals surface area contributed by atoms with Crippen molar-refractivity contribution >= 4 is 5.82 Å². The average Bonchev–Trinajstić information content (AvgIpc) is 3.07. The highest BCUT2D eigenvalue weighted by atomic mass is 15.2. The highest BCUT2D eigenvalue weighted by Gasteiger charge is 2.28. The van der Waals surface area contributed by atoms with Crippen molar-refractivity contribution in [2.24, 2.45) is 5.41 Å². The molecule has 3 heteroatoms. The van der Waals surface area contributed by atoms with E-state index in [0.717, 1.165) is 18.9 Å². The number of nitrogens with zero attached hydrogens (tertiary/aromatic N) is 2. The summed E-state index contributed by atoms with van der Waals surface area (Å²) < 4.78 is 0. The average molecular weight is 303 g/mol. The van der Waals surface area contributed by atoms with E-state index in [1.54, 1.807) is 0 Å². The van der Waals surface area contributed by atoms with Crippen LogP contribution in [0.2, 0.25) is 0 Å². The minimum Gasteiger partial charge on any atom is -0.369 e. The summed E-state index contributed by atoms with van der Waals surface area (Å²) in [5.74, 6) is 1.55. The predicted octanol–water partition coefficient (Wildman–Crippen LogP) is 4.52. The van der Waals surface area contributed by atoms with Crippen LogP contribution in [0.3, 0.4) is 0 Å². The van der Waals surface area contributed by atoms with Gasteiger partial charge in [-0.15, -0.1) is 0 Å². The minimum atomic E-state index is 0.367. The zero-order valence-corrected chi connectivity index (χ0v) is 14.9. The molecule has 0 amide bonds. The summed E-state index contributed by atoms with van der Waals surface area (Å²) in [5.41, 5.74) is 1.73. The first-order chi connectivity index (χ1) is 10.6. The fraction of sp³-hybridized carbons (Fsp3) is 0.737. The second-order valence-corrected chi connectivity index (χ2v) is 7.04. The van der Waals surface area contributed by atoms with Gasteiger partial charge in [0.05, 0.1) is 0 Å². The van der Waals surface area contributed by atoms with Gasteiger partial charge in [0, 0.05) is 19.3 Å². The topological polar surface area (TPSA) is 28.2 Å². The van der Waals surface area contributed by atoms with Crippen molar-refractivity contribution in [3.8, 4) is 0 Å². The highest BCUT2D eigenvalue weighted by Crippen LogP contribution is 2.40. The number of nitrogens with one attached hydrogen (secondary N) is 1. The summed E-state index contributed by atoms with van der Waals surface area (Å²) in [6.45, 7) is 14.0. The molecule has 1 aliphatic heterocycles. The Morgan fingerprint density at radius 3 is 2.45 bits per heavy atom. The molecule has 1 aromatic heterocycles. The molecule has 2 rings (SSSR count). The third-order valence-electron chi connectivity index (χ3n) is 5.88. The third kappa shape index (κ3) is 4.22. The molecule has 1 fully saturated rings. The van der Waals surface area contributed by atoms with Crippen molar-refractivity contribution in [2.75, 3.05) is 31.5 Å². The van der Waals surface area contributed by atoms with Gasteiger partial charge < -0.3 is 10.2 Å². The Kier molecular flexibility index (Phi) is 6.25. The fourth-order valence-electron chi connectivity index (χ4n) is 3.38. The molecule has 1 saturated heterocycles. The van der Waals surface area contributed by atoms with Gasteiger partial charge >= 0.3 is 0 Å². The van der Waals surface area contributed by atoms with E-state index in [-0.39, 0.29) is 0 Å². The van der Waals surface area contributed by atoms with Crippen molar-refractivity contribution in [1.82, 2.24) is 9.88 Å². The van der Waals surface area contributed by atoms with Gasteiger partial charge in [0.2, 0.25) is 0 Å². The van der Waals surface area contributed by atoms with Crippen LogP contribution in [0.25, 0.3) is 0 Å². The van der Waals surface area contributed by atoms with Gasteiger partial charge in [0.15, 0.2) is 0 Å². The Morgan fingerprint density at radius 2 is 1.91 bits per heavy atom. The van der Waals surface area contributed by atoms with E-state index < -0.39 is 0 Å². The van der Waals surface area contributed by atoms with Crippen LogP contribution in [0.1, 0.15) is 64.9 Å². The van der Waals surface area contributed by atoms with E-state index in [9.17, 15) is 0 Å². The van der Waals surface area contributed by atoms with Gasteiger partial charge in [0.1, 0.15) is 5.82 Å². The zero-order valence-electron chi connectivity index (χ0n) is 14.9. The third-order valence-corrected chi connectivity index (χ3v) is 5.88. The molecule has 22 heavy (non-hydrogen) atoms. The normalized spacial score (nSPS) is 17.6. The largest absolute Gasteiger partial charge is 0.369 e. The molecule has 0 radical (unpaired) electrons. The Morgan fingerprint density at radius 1 is 1.23 bits per heavy atom. The van der Waals surface area contributed by atoms with Crippen molar-refractivity contribution in [3.05, 3.63) is 23.9 Å². The number of pyridine rings is 1. The first-order valence-corrected chi connectivity index (χ1v) is 9.01. The van der Waals surface area contributed by atoms with Crippen LogP contribution in [0.15, 0.2) is 18.3 Å². The Bertz CT molecular complexity index is 430. The number of likely N-dealkylation sites (tertiary alicyclic amines) is 1. The number of hydrogen-bond acceptors (Lipinski definition) is 3. The molecule has 0 spiro atoms. The second-order valence-electron chi connectivity index (χ2n) is 7.04. The number of anilines is 1. The van der Waals surface area contributed by atoms with E-state index in [1.807, 2.05) is 0 Å². The lowest BCUT2D eigenvalue weighted by molar-refractivity contribution is 0.243. The molecule has 3 nitrogen and oxygen atoms in total. The predicted molar refractivity (Wildman–Crippen MR) is 95.5 cm³/mol. The lowest BCUT2D eigenvalue weighted by atomic mass is 9.71. The van der Waals surface area contributed by atoms with E-state index in [4.69, 9.17) is 0 Å². The molecule has 1 aliphatic rings. The molecule has 0 aliphatic carbocycles. The molecular weight excluding hydrogens is 270 g/mol. The van der Waals surface area contributed by atoms with E-state index in [0.29, 0.717) is 11.3 Å². The van der Waals surface area contributed by atoms with Gasteiger partial charge in [-0.1, -0.05) is 46.6 Å². The van der Waals surface area contributed by atoms with Gasteiger partial charge in [-0.25, -0.2) is 4.98 Å². The van der Waals surface area contributed by atoms with Crippen molar-refractivity contribution in [1.29, 1.82) is 0 Å². The van der Waals surface area contributed by atoms with Crippen LogP contribution in [0.5, 0.6) is 0 Å². The maximum absolute atomic E-state index is 4.62. The highest BCUT2D eigenvalue weighted by molar-refractivity contribution is 5.36. The van der Waals surface area contributed by atoms with Crippen LogP contribution < -0.4 is 5.32 Å². The van der Waals surface area contributed by atoms with Crippen LogP contribution in [0.4, 0.5) is 5.82 Å². The molecule has 1 N–H and O–H groups in total. The van der Waals surface area contributed by atoms with Gasteiger partial charge in [-0.2, -0.15) is 0 Å². The summed E-state index contributed by atoms with van der Waals surface area (Å²) in [7, 11) is 0.